The molecule has 0 spiro atoms. The molecule has 0 amide bonds. The van der Waals surface area contributed by atoms with Gasteiger partial charge in [0.05, 0.1) is 0 Å². The molecule has 0 aliphatic heterocycles. The zero-order valence-corrected chi connectivity index (χ0v) is 15.7. The van der Waals surface area contributed by atoms with Gasteiger partial charge in [-0.05, 0) is 12.8 Å². The van der Waals surface area contributed by atoms with Gasteiger partial charge in [0.2, 0.25) is 0 Å². The van der Waals surface area contributed by atoms with Crippen LogP contribution in [0.2, 0.25) is 0 Å². The predicted octanol–water partition coefficient (Wildman–Crippen LogP) is 3.04. The standard InChI is InChI=1S/C12H26O5S.Zn/c1-2-3-4-5-6-7-8-9-10-11-12(13)17-18(14,15)16;/h12-13H,2-11H2,1H3,(H,14,15,16);. The normalized spacial score (nSPS) is 13.0. The van der Waals surface area contributed by atoms with Crippen molar-refractivity contribution in [2.24, 2.45) is 0 Å². The van der Waals surface area contributed by atoms with Crippen LogP contribution in [0.1, 0.15) is 71.1 Å². The molecule has 0 aliphatic rings. The van der Waals surface area contributed by atoms with Crippen molar-refractivity contribution < 1.29 is 41.7 Å². The van der Waals surface area contributed by atoms with E-state index >= 15 is 0 Å². The first kappa shape index (κ1) is 21.7. The molecule has 2 N–H and O–H groups in total. The molecule has 112 valence electrons. The number of rotatable bonds is 12. The van der Waals surface area contributed by atoms with Gasteiger partial charge in [-0.25, -0.2) is 4.18 Å². The molecule has 1 unspecified atom stereocenters. The van der Waals surface area contributed by atoms with E-state index in [1.807, 2.05) is 0 Å². The molecule has 0 aromatic heterocycles. The van der Waals surface area contributed by atoms with Crippen LogP contribution in [0.5, 0.6) is 0 Å². The van der Waals surface area contributed by atoms with Gasteiger partial charge in [-0.3, -0.25) is 4.55 Å². The monoisotopic (exact) mass is 346 g/mol. The summed E-state index contributed by atoms with van der Waals surface area (Å²) in [5.41, 5.74) is 0. The zero-order valence-electron chi connectivity index (χ0n) is 11.9. The number of aliphatic hydroxyl groups excluding tert-OH is 1. The molecule has 0 aliphatic carbocycles. The average molecular weight is 348 g/mol. The fraction of sp³-hybridized carbons (Fsp3) is 1.00. The molecule has 0 saturated heterocycles. The molecule has 0 fully saturated rings. The number of aliphatic hydroxyl groups is 1. The quantitative estimate of drug-likeness (QED) is 0.245. The summed E-state index contributed by atoms with van der Waals surface area (Å²) in [6.07, 6.45) is 9.10. The smallest absolute Gasteiger partial charge is 0.367 e. The second-order valence-corrected chi connectivity index (χ2v) is 5.64. The number of unbranched alkanes of at least 4 members (excludes halogenated alkanes) is 8. The van der Waals surface area contributed by atoms with Crippen LogP contribution in [-0.4, -0.2) is 24.4 Å². The van der Waals surface area contributed by atoms with Gasteiger partial charge in [0.1, 0.15) is 0 Å². The Labute approximate surface area is 129 Å². The van der Waals surface area contributed by atoms with Crippen molar-refractivity contribution in [2.45, 2.75) is 77.4 Å². The van der Waals surface area contributed by atoms with Crippen molar-refractivity contribution in [1.82, 2.24) is 0 Å². The topological polar surface area (TPSA) is 83.8 Å². The zero-order chi connectivity index (χ0) is 13.9. The van der Waals surface area contributed by atoms with E-state index in [4.69, 9.17) is 9.66 Å². The molecule has 0 aromatic rings. The van der Waals surface area contributed by atoms with Gasteiger partial charge in [-0.2, -0.15) is 8.42 Å². The van der Waals surface area contributed by atoms with Gasteiger partial charge in [-0.15, -0.1) is 0 Å². The third-order valence-electron chi connectivity index (χ3n) is 2.79. The minimum Gasteiger partial charge on any atom is -0.367 e. The van der Waals surface area contributed by atoms with Crippen LogP contribution in [0.15, 0.2) is 0 Å². The minimum absolute atomic E-state index is 0. The molecule has 0 rings (SSSR count). The second kappa shape index (κ2) is 13.4. The summed E-state index contributed by atoms with van der Waals surface area (Å²) in [5, 5.41) is 9.12. The van der Waals surface area contributed by atoms with Gasteiger partial charge in [0.25, 0.3) is 0 Å². The molecule has 1 atom stereocenters. The summed E-state index contributed by atoms with van der Waals surface area (Å²) in [4.78, 5) is 0. The average Bonchev–Trinajstić information content (AvgIpc) is 2.24. The Hall–Kier alpha value is 0.453. The Morgan fingerprint density at radius 1 is 0.947 bits per heavy atom. The summed E-state index contributed by atoms with van der Waals surface area (Å²) in [6.45, 7) is 2.19. The first-order valence-electron chi connectivity index (χ1n) is 6.79. The number of hydrogen-bond acceptors (Lipinski definition) is 4. The third kappa shape index (κ3) is 18.5. The molecule has 0 aromatic carbocycles. The van der Waals surface area contributed by atoms with Crippen LogP contribution < -0.4 is 0 Å². The van der Waals surface area contributed by atoms with Crippen molar-refractivity contribution in [3.05, 3.63) is 0 Å². The van der Waals surface area contributed by atoms with Crippen LogP contribution in [-0.2, 0) is 34.1 Å². The van der Waals surface area contributed by atoms with Crippen LogP contribution in [0.3, 0.4) is 0 Å². The SMILES string of the molecule is CCCCCCCCCCCC(O)OS(=O)(=O)O.[Zn]. The molecular formula is C12H26O5SZn. The Kier molecular flexibility index (Phi) is 15.4. The summed E-state index contributed by atoms with van der Waals surface area (Å²) < 4.78 is 32.9. The van der Waals surface area contributed by atoms with E-state index in [2.05, 4.69) is 11.1 Å². The van der Waals surface area contributed by atoms with Gasteiger partial charge in [0.15, 0.2) is 6.29 Å². The summed E-state index contributed by atoms with van der Waals surface area (Å²) in [6, 6.07) is 0. The van der Waals surface area contributed by atoms with Crippen molar-refractivity contribution in [3.8, 4) is 0 Å². The molecule has 5 nitrogen and oxygen atoms in total. The Morgan fingerprint density at radius 3 is 1.79 bits per heavy atom. The first-order valence-corrected chi connectivity index (χ1v) is 8.16. The van der Waals surface area contributed by atoms with Crippen LogP contribution in [0.25, 0.3) is 0 Å². The van der Waals surface area contributed by atoms with E-state index in [1.54, 1.807) is 0 Å². The minimum atomic E-state index is -4.53. The third-order valence-corrected chi connectivity index (χ3v) is 3.25. The van der Waals surface area contributed by atoms with E-state index in [0.717, 1.165) is 12.8 Å². The number of hydrogen-bond donors (Lipinski definition) is 2. The van der Waals surface area contributed by atoms with E-state index in [-0.39, 0.29) is 25.9 Å². The summed E-state index contributed by atoms with van der Waals surface area (Å²) in [7, 11) is -4.53. The van der Waals surface area contributed by atoms with E-state index in [1.165, 1.54) is 38.5 Å². The van der Waals surface area contributed by atoms with Gasteiger partial charge in [-0.1, -0.05) is 58.3 Å². The molecule has 0 saturated carbocycles. The first-order chi connectivity index (χ1) is 8.45. The molecule has 0 radical (unpaired) electrons. The Morgan fingerprint density at radius 2 is 1.37 bits per heavy atom. The maximum absolute atomic E-state index is 10.3. The summed E-state index contributed by atoms with van der Waals surface area (Å²) in [5.74, 6) is 0. The summed E-state index contributed by atoms with van der Waals surface area (Å²) >= 11 is 0. The molecular weight excluding hydrogens is 322 g/mol. The van der Waals surface area contributed by atoms with Crippen LogP contribution in [0.4, 0.5) is 0 Å². The van der Waals surface area contributed by atoms with Crippen molar-refractivity contribution in [3.63, 3.8) is 0 Å². The van der Waals surface area contributed by atoms with E-state index < -0.39 is 16.7 Å². The maximum atomic E-state index is 10.3. The molecule has 7 heteroatoms. The van der Waals surface area contributed by atoms with E-state index in [0.29, 0.717) is 6.42 Å². The van der Waals surface area contributed by atoms with Crippen LogP contribution >= 0.6 is 0 Å². The maximum Gasteiger partial charge on any atom is 0.399 e. The van der Waals surface area contributed by atoms with Crippen LogP contribution in [0, 0.1) is 0 Å². The fourth-order valence-electron chi connectivity index (χ4n) is 1.82. The molecule has 0 bridgehead atoms. The largest absolute Gasteiger partial charge is 0.399 e. The molecule has 19 heavy (non-hydrogen) atoms. The Bertz CT molecular complexity index is 282. The molecule has 0 heterocycles. The van der Waals surface area contributed by atoms with Crippen molar-refractivity contribution >= 4 is 10.4 Å². The van der Waals surface area contributed by atoms with Gasteiger partial charge < -0.3 is 5.11 Å². The van der Waals surface area contributed by atoms with Gasteiger partial charge in [0, 0.05) is 19.5 Å². The van der Waals surface area contributed by atoms with Crippen molar-refractivity contribution in [1.29, 1.82) is 0 Å². The van der Waals surface area contributed by atoms with E-state index in [9.17, 15) is 8.42 Å². The fourth-order valence-corrected chi connectivity index (χ4v) is 2.20. The second-order valence-electron chi connectivity index (χ2n) is 4.60. The van der Waals surface area contributed by atoms with Crippen molar-refractivity contribution in [2.75, 3.05) is 0 Å². The van der Waals surface area contributed by atoms with Gasteiger partial charge >= 0.3 is 10.4 Å². The Balaban J connectivity index is 0. The predicted molar refractivity (Wildman–Crippen MR) is 70.5 cm³/mol.